The molecule has 88 valence electrons. The Kier molecular flexibility index (Phi) is 2.91. The molecule has 2 rings (SSSR count). The van der Waals surface area contributed by atoms with Gasteiger partial charge in [-0.15, -0.1) is 0 Å². The molecule has 5 heteroatoms. The standard InChI is InChI=1S/C12H11FN2O2/c1-2-15-11(16)7-10(12(15)17)14-9-5-3-4-8(13)6-9/h3-7,14H,2H2,1H3. The van der Waals surface area contributed by atoms with Gasteiger partial charge >= 0.3 is 0 Å². The molecule has 4 nitrogen and oxygen atoms in total. The van der Waals surface area contributed by atoms with E-state index in [1.807, 2.05) is 0 Å². The van der Waals surface area contributed by atoms with Gasteiger partial charge in [-0.1, -0.05) is 6.07 Å². The normalized spacial score (nSPS) is 15.2. The van der Waals surface area contributed by atoms with Crippen molar-refractivity contribution in [1.29, 1.82) is 0 Å². The van der Waals surface area contributed by atoms with Crippen LogP contribution in [0, 0.1) is 5.82 Å². The molecule has 1 aromatic carbocycles. The van der Waals surface area contributed by atoms with Gasteiger partial charge in [0.2, 0.25) is 0 Å². The summed E-state index contributed by atoms with van der Waals surface area (Å²) in [6.07, 6.45) is 1.22. The average Bonchev–Trinajstić information content (AvgIpc) is 2.54. The van der Waals surface area contributed by atoms with E-state index in [1.165, 1.54) is 24.3 Å². The van der Waals surface area contributed by atoms with Crippen LogP contribution in [0.25, 0.3) is 0 Å². The molecule has 1 N–H and O–H groups in total. The number of likely N-dealkylation sites (N-methyl/N-ethyl adjacent to an activating group) is 1. The van der Waals surface area contributed by atoms with Crippen LogP contribution >= 0.6 is 0 Å². The number of nitrogens with zero attached hydrogens (tertiary/aromatic N) is 1. The summed E-state index contributed by atoms with van der Waals surface area (Å²) in [4.78, 5) is 24.2. The number of anilines is 1. The summed E-state index contributed by atoms with van der Waals surface area (Å²) in [5.41, 5.74) is 0.609. The van der Waals surface area contributed by atoms with Crippen LogP contribution in [0.3, 0.4) is 0 Å². The summed E-state index contributed by atoms with van der Waals surface area (Å²) in [5, 5.41) is 2.74. The summed E-state index contributed by atoms with van der Waals surface area (Å²) in [6.45, 7) is 2.04. The molecule has 0 radical (unpaired) electrons. The summed E-state index contributed by atoms with van der Waals surface area (Å²) < 4.78 is 12.9. The van der Waals surface area contributed by atoms with Crippen LogP contribution in [0.4, 0.5) is 10.1 Å². The smallest absolute Gasteiger partial charge is 0.277 e. The molecule has 1 aliphatic heterocycles. The summed E-state index contributed by atoms with van der Waals surface area (Å²) in [5.74, 6) is -1.14. The lowest BCUT2D eigenvalue weighted by molar-refractivity contribution is -0.136. The van der Waals surface area contributed by atoms with Crippen molar-refractivity contribution in [3.05, 3.63) is 41.9 Å². The zero-order valence-corrected chi connectivity index (χ0v) is 9.24. The topological polar surface area (TPSA) is 49.4 Å². The van der Waals surface area contributed by atoms with Crippen LogP contribution in [-0.2, 0) is 9.59 Å². The first-order valence-corrected chi connectivity index (χ1v) is 5.22. The maximum absolute atomic E-state index is 12.9. The largest absolute Gasteiger partial charge is 0.351 e. The number of halogens is 1. The monoisotopic (exact) mass is 234 g/mol. The van der Waals surface area contributed by atoms with Gasteiger partial charge in [-0.2, -0.15) is 0 Å². The quantitative estimate of drug-likeness (QED) is 0.806. The van der Waals surface area contributed by atoms with E-state index in [1.54, 1.807) is 13.0 Å². The highest BCUT2D eigenvalue weighted by Gasteiger charge is 2.29. The maximum Gasteiger partial charge on any atom is 0.277 e. The van der Waals surface area contributed by atoms with Crippen molar-refractivity contribution >= 4 is 17.5 Å². The lowest BCUT2D eigenvalue weighted by atomic mass is 10.3. The minimum absolute atomic E-state index is 0.169. The first kappa shape index (κ1) is 11.3. The number of amides is 2. The van der Waals surface area contributed by atoms with Crippen LogP contribution < -0.4 is 5.32 Å². The SMILES string of the molecule is CCN1C(=O)C=C(Nc2cccc(F)c2)C1=O. The molecule has 0 bridgehead atoms. The van der Waals surface area contributed by atoms with E-state index in [9.17, 15) is 14.0 Å². The second kappa shape index (κ2) is 4.37. The maximum atomic E-state index is 12.9. The molecule has 2 amide bonds. The third-order valence-corrected chi connectivity index (χ3v) is 2.43. The Bertz CT molecular complexity index is 511. The van der Waals surface area contributed by atoms with Crippen LogP contribution in [0.2, 0.25) is 0 Å². The number of carbonyl (C=O) groups excluding carboxylic acids is 2. The fourth-order valence-corrected chi connectivity index (χ4v) is 1.62. The van der Waals surface area contributed by atoms with E-state index in [0.29, 0.717) is 12.2 Å². The first-order valence-electron chi connectivity index (χ1n) is 5.22. The lowest BCUT2D eigenvalue weighted by Gasteiger charge is -2.12. The summed E-state index contributed by atoms with van der Waals surface area (Å²) in [7, 11) is 0. The van der Waals surface area contributed by atoms with Crippen molar-refractivity contribution in [3.8, 4) is 0 Å². The van der Waals surface area contributed by atoms with E-state index >= 15 is 0 Å². The number of benzene rings is 1. The van der Waals surface area contributed by atoms with Gasteiger partial charge in [0, 0.05) is 18.3 Å². The second-order valence-corrected chi connectivity index (χ2v) is 3.58. The lowest BCUT2D eigenvalue weighted by Crippen LogP contribution is -2.31. The van der Waals surface area contributed by atoms with E-state index in [4.69, 9.17) is 0 Å². The molecule has 0 saturated heterocycles. The zero-order valence-electron chi connectivity index (χ0n) is 9.24. The molecule has 17 heavy (non-hydrogen) atoms. The third-order valence-electron chi connectivity index (χ3n) is 2.43. The van der Waals surface area contributed by atoms with Crippen LogP contribution in [0.5, 0.6) is 0 Å². The highest BCUT2D eigenvalue weighted by molar-refractivity contribution is 6.17. The molecular weight excluding hydrogens is 223 g/mol. The number of nitrogens with one attached hydrogen (secondary N) is 1. The molecule has 1 aromatic rings. The predicted octanol–water partition coefficient (Wildman–Crippen LogP) is 1.51. The second-order valence-electron chi connectivity index (χ2n) is 3.58. The van der Waals surface area contributed by atoms with Crippen molar-refractivity contribution in [3.63, 3.8) is 0 Å². The molecular formula is C12H11FN2O2. The molecule has 1 heterocycles. The van der Waals surface area contributed by atoms with Gasteiger partial charge in [0.15, 0.2) is 0 Å². The Balaban J connectivity index is 2.18. The van der Waals surface area contributed by atoms with Crippen molar-refractivity contribution in [1.82, 2.24) is 4.90 Å². The molecule has 0 spiro atoms. The van der Waals surface area contributed by atoms with Gasteiger partial charge in [-0.25, -0.2) is 4.39 Å². The number of imide groups is 1. The fourth-order valence-electron chi connectivity index (χ4n) is 1.62. The van der Waals surface area contributed by atoms with Crippen molar-refractivity contribution in [2.45, 2.75) is 6.92 Å². The molecule has 0 unspecified atom stereocenters. The van der Waals surface area contributed by atoms with Gasteiger partial charge in [-0.3, -0.25) is 14.5 Å². The Labute approximate surface area is 97.7 Å². The van der Waals surface area contributed by atoms with E-state index in [0.717, 1.165) is 4.90 Å². The Morgan fingerprint density at radius 3 is 2.71 bits per heavy atom. The van der Waals surface area contributed by atoms with Crippen LogP contribution in [0.1, 0.15) is 6.92 Å². The van der Waals surface area contributed by atoms with Crippen molar-refractivity contribution in [2.24, 2.45) is 0 Å². The predicted molar refractivity (Wildman–Crippen MR) is 60.5 cm³/mol. The van der Waals surface area contributed by atoms with Crippen LogP contribution in [0.15, 0.2) is 36.0 Å². The molecule has 0 fully saturated rings. The number of hydrogen-bond donors (Lipinski definition) is 1. The zero-order chi connectivity index (χ0) is 12.4. The Morgan fingerprint density at radius 1 is 1.35 bits per heavy atom. The highest BCUT2D eigenvalue weighted by Crippen LogP contribution is 2.17. The first-order chi connectivity index (χ1) is 8.11. The highest BCUT2D eigenvalue weighted by atomic mass is 19.1. The van der Waals surface area contributed by atoms with Gasteiger partial charge < -0.3 is 5.32 Å². The van der Waals surface area contributed by atoms with Crippen LogP contribution in [-0.4, -0.2) is 23.3 Å². The third kappa shape index (κ3) is 2.18. The minimum Gasteiger partial charge on any atom is -0.351 e. The van der Waals surface area contributed by atoms with E-state index < -0.39 is 5.82 Å². The minimum atomic E-state index is -0.403. The van der Waals surface area contributed by atoms with Gasteiger partial charge in [0.25, 0.3) is 11.8 Å². The Morgan fingerprint density at radius 2 is 2.12 bits per heavy atom. The van der Waals surface area contributed by atoms with Gasteiger partial charge in [-0.05, 0) is 25.1 Å². The summed E-state index contributed by atoms with van der Waals surface area (Å²) >= 11 is 0. The van der Waals surface area contributed by atoms with Crippen molar-refractivity contribution in [2.75, 3.05) is 11.9 Å². The van der Waals surface area contributed by atoms with Gasteiger partial charge in [0.1, 0.15) is 11.5 Å². The number of hydrogen-bond acceptors (Lipinski definition) is 3. The molecule has 0 atom stereocenters. The molecule has 0 aliphatic carbocycles. The molecule has 0 aromatic heterocycles. The average molecular weight is 234 g/mol. The molecule has 0 saturated carbocycles. The Hall–Kier alpha value is -2.17. The van der Waals surface area contributed by atoms with E-state index in [-0.39, 0.29) is 17.5 Å². The van der Waals surface area contributed by atoms with Crippen molar-refractivity contribution < 1.29 is 14.0 Å². The molecule has 1 aliphatic rings. The summed E-state index contributed by atoms with van der Waals surface area (Å²) in [6, 6.07) is 5.71. The van der Waals surface area contributed by atoms with E-state index in [2.05, 4.69) is 5.32 Å². The van der Waals surface area contributed by atoms with Gasteiger partial charge in [0.05, 0.1) is 0 Å². The fraction of sp³-hybridized carbons (Fsp3) is 0.167. The number of rotatable bonds is 3. The number of carbonyl (C=O) groups is 2.